The number of para-hydroxylation sites is 1. The summed E-state index contributed by atoms with van der Waals surface area (Å²) in [5.41, 5.74) is 3.96. The van der Waals surface area contributed by atoms with Gasteiger partial charge >= 0.3 is 0 Å². The highest BCUT2D eigenvalue weighted by Gasteiger charge is 2.23. The molecule has 0 radical (unpaired) electrons. The standard InChI is InChI=1S/C24H20FN3O/c1-17-22(24(29)26-16-19-12-8-9-15-21(19)25)23(18-10-4-2-5-11-18)27-28(17)20-13-6-3-7-14-20/h2-15H,16H2,1H3,(H,26,29). The minimum absolute atomic E-state index is 0.107. The van der Waals surface area contributed by atoms with Gasteiger partial charge in [-0.25, -0.2) is 9.07 Å². The number of rotatable bonds is 5. The lowest BCUT2D eigenvalue weighted by atomic mass is 10.1. The van der Waals surface area contributed by atoms with Crippen molar-refractivity contribution in [2.45, 2.75) is 13.5 Å². The lowest BCUT2D eigenvalue weighted by molar-refractivity contribution is 0.0950. The Morgan fingerprint density at radius 2 is 1.55 bits per heavy atom. The van der Waals surface area contributed by atoms with E-state index in [0.717, 1.165) is 16.9 Å². The van der Waals surface area contributed by atoms with Gasteiger partial charge < -0.3 is 5.32 Å². The van der Waals surface area contributed by atoms with Gasteiger partial charge in [0.15, 0.2) is 0 Å². The van der Waals surface area contributed by atoms with E-state index in [9.17, 15) is 9.18 Å². The van der Waals surface area contributed by atoms with Crippen LogP contribution in [0.1, 0.15) is 21.6 Å². The second-order valence-electron chi connectivity index (χ2n) is 6.70. The van der Waals surface area contributed by atoms with Gasteiger partial charge in [-0.3, -0.25) is 4.79 Å². The van der Waals surface area contributed by atoms with Gasteiger partial charge in [-0.2, -0.15) is 5.10 Å². The third-order valence-electron chi connectivity index (χ3n) is 4.79. The van der Waals surface area contributed by atoms with Gasteiger partial charge in [0, 0.05) is 17.7 Å². The van der Waals surface area contributed by atoms with Crippen molar-refractivity contribution in [2.75, 3.05) is 0 Å². The zero-order valence-electron chi connectivity index (χ0n) is 16.0. The Kier molecular flexibility index (Phi) is 5.20. The van der Waals surface area contributed by atoms with Crippen molar-refractivity contribution in [2.24, 2.45) is 0 Å². The maximum Gasteiger partial charge on any atom is 0.255 e. The molecule has 0 spiro atoms. The largest absolute Gasteiger partial charge is 0.348 e. The summed E-state index contributed by atoms with van der Waals surface area (Å²) in [6.07, 6.45) is 0. The SMILES string of the molecule is Cc1c(C(=O)NCc2ccccc2F)c(-c2ccccc2)nn1-c1ccccc1. The first-order valence-electron chi connectivity index (χ1n) is 9.37. The van der Waals surface area contributed by atoms with E-state index >= 15 is 0 Å². The molecular formula is C24H20FN3O. The lowest BCUT2D eigenvalue weighted by Gasteiger charge is -2.08. The van der Waals surface area contributed by atoms with Gasteiger partial charge in [0.2, 0.25) is 0 Å². The Hall–Kier alpha value is -3.73. The topological polar surface area (TPSA) is 46.9 Å². The number of amides is 1. The number of nitrogens with zero attached hydrogens (tertiary/aromatic N) is 2. The molecule has 4 nitrogen and oxygen atoms in total. The molecule has 3 aromatic carbocycles. The minimum atomic E-state index is -0.340. The van der Waals surface area contributed by atoms with E-state index in [1.165, 1.54) is 6.07 Å². The molecule has 0 bridgehead atoms. The fourth-order valence-corrected chi connectivity index (χ4v) is 3.30. The predicted molar refractivity (Wildman–Crippen MR) is 111 cm³/mol. The number of hydrogen-bond acceptors (Lipinski definition) is 2. The molecule has 0 unspecified atom stereocenters. The molecule has 0 atom stereocenters. The van der Waals surface area contributed by atoms with Crippen LogP contribution in [0.15, 0.2) is 84.9 Å². The van der Waals surface area contributed by atoms with E-state index in [-0.39, 0.29) is 18.3 Å². The van der Waals surface area contributed by atoms with Gasteiger partial charge in [-0.05, 0) is 25.1 Å². The number of aromatic nitrogens is 2. The first-order valence-corrected chi connectivity index (χ1v) is 9.37. The van der Waals surface area contributed by atoms with E-state index in [0.29, 0.717) is 16.8 Å². The number of benzene rings is 3. The number of carbonyl (C=O) groups is 1. The molecule has 1 N–H and O–H groups in total. The normalized spacial score (nSPS) is 10.7. The maximum absolute atomic E-state index is 13.9. The zero-order chi connectivity index (χ0) is 20.2. The Labute approximate surface area is 168 Å². The summed E-state index contributed by atoms with van der Waals surface area (Å²) in [6.45, 7) is 1.97. The van der Waals surface area contributed by atoms with Crippen LogP contribution in [0.5, 0.6) is 0 Å². The van der Waals surface area contributed by atoms with E-state index in [4.69, 9.17) is 5.10 Å². The Morgan fingerprint density at radius 3 is 2.24 bits per heavy atom. The molecule has 29 heavy (non-hydrogen) atoms. The first-order chi connectivity index (χ1) is 14.1. The third kappa shape index (κ3) is 3.80. The first kappa shape index (κ1) is 18.6. The molecule has 144 valence electrons. The summed E-state index contributed by atoms with van der Waals surface area (Å²) in [5.74, 6) is -0.625. The van der Waals surface area contributed by atoms with Crippen LogP contribution in [-0.4, -0.2) is 15.7 Å². The molecule has 0 aliphatic carbocycles. The van der Waals surface area contributed by atoms with Crippen LogP contribution in [-0.2, 0) is 6.54 Å². The average molecular weight is 385 g/mol. The van der Waals surface area contributed by atoms with Crippen molar-refractivity contribution < 1.29 is 9.18 Å². The van der Waals surface area contributed by atoms with Crippen LogP contribution in [0.4, 0.5) is 4.39 Å². The summed E-state index contributed by atoms with van der Waals surface area (Å²) < 4.78 is 15.7. The molecule has 1 heterocycles. The molecule has 1 amide bonds. The van der Waals surface area contributed by atoms with Gasteiger partial charge in [0.25, 0.3) is 5.91 Å². The molecule has 0 saturated carbocycles. The maximum atomic E-state index is 13.9. The molecule has 4 aromatic rings. The van der Waals surface area contributed by atoms with Crippen LogP contribution in [0, 0.1) is 12.7 Å². The zero-order valence-corrected chi connectivity index (χ0v) is 16.0. The highest BCUT2D eigenvalue weighted by Crippen LogP contribution is 2.27. The second-order valence-corrected chi connectivity index (χ2v) is 6.70. The van der Waals surface area contributed by atoms with Gasteiger partial charge in [0.1, 0.15) is 11.5 Å². The Morgan fingerprint density at radius 1 is 0.931 bits per heavy atom. The fraction of sp³-hybridized carbons (Fsp3) is 0.0833. The summed E-state index contributed by atoms with van der Waals surface area (Å²) in [5, 5.41) is 7.57. The highest BCUT2D eigenvalue weighted by molar-refractivity contribution is 6.01. The number of hydrogen-bond donors (Lipinski definition) is 1. The monoisotopic (exact) mass is 385 g/mol. The summed E-state index contributed by atoms with van der Waals surface area (Å²) >= 11 is 0. The van der Waals surface area contributed by atoms with Crippen molar-refractivity contribution in [3.05, 3.63) is 108 Å². The Balaban J connectivity index is 1.74. The molecule has 0 aliphatic heterocycles. The molecule has 1 aromatic heterocycles. The fourth-order valence-electron chi connectivity index (χ4n) is 3.30. The summed E-state index contributed by atoms with van der Waals surface area (Å²) in [6, 6.07) is 25.7. The van der Waals surface area contributed by atoms with Gasteiger partial charge in [-0.15, -0.1) is 0 Å². The second kappa shape index (κ2) is 8.10. The van der Waals surface area contributed by atoms with Gasteiger partial charge in [-0.1, -0.05) is 66.7 Å². The van der Waals surface area contributed by atoms with Crippen LogP contribution in [0.3, 0.4) is 0 Å². The Bertz CT molecular complexity index is 1140. The van der Waals surface area contributed by atoms with Crippen molar-refractivity contribution in [1.82, 2.24) is 15.1 Å². The van der Waals surface area contributed by atoms with Crippen LogP contribution in [0.2, 0.25) is 0 Å². The van der Waals surface area contributed by atoms with Crippen LogP contribution >= 0.6 is 0 Å². The van der Waals surface area contributed by atoms with Crippen molar-refractivity contribution in [3.63, 3.8) is 0 Å². The summed E-state index contributed by atoms with van der Waals surface area (Å²) in [7, 11) is 0. The smallest absolute Gasteiger partial charge is 0.255 e. The van der Waals surface area contributed by atoms with E-state index in [1.54, 1.807) is 22.9 Å². The molecule has 5 heteroatoms. The van der Waals surface area contributed by atoms with E-state index in [2.05, 4.69) is 5.32 Å². The van der Waals surface area contributed by atoms with Crippen molar-refractivity contribution in [1.29, 1.82) is 0 Å². The molecule has 0 aliphatic rings. The minimum Gasteiger partial charge on any atom is -0.348 e. The van der Waals surface area contributed by atoms with Crippen LogP contribution in [0.25, 0.3) is 16.9 Å². The van der Waals surface area contributed by atoms with Crippen molar-refractivity contribution >= 4 is 5.91 Å². The van der Waals surface area contributed by atoms with E-state index in [1.807, 2.05) is 67.6 Å². The predicted octanol–water partition coefficient (Wildman–Crippen LogP) is 4.92. The lowest BCUT2D eigenvalue weighted by Crippen LogP contribution is -2.24. The number of nitrogens with one attached hydrogen (secondary N) is 1. The van der Waals surface area contributed by atoms with Crippen molar-refractivity contribution in [3.8, 4) is 16.9 Å². The quantitative estimate of drug-likeness (QED) is 0.530. The molecule has 0 saturated heterocycles. The summed E-state index contributed by atoms with van der Waals surface area (Å²) in [4.78, 5) is 13.1. The third-order valence-corrected chi connectivity index (χ3v) is 4.79. The van der Waals surface area contributed by atoms with Gasteiger partial charge in [0.05, 0.1) is 16.9 Å². The average Bonchev–Trinajstić information content (AvgIpc) is 3.11. The number of halogens is 1. The number of carbonyl (C=O) groups excluding carboxylic acids is 1. The molecule has 4 rings (SSSR count). The molecular weight excluding hydrogens is 365 g/mol. The van der Waals surface area contributed by atoms with E-state index < -0.39 is 0 Å². The highest BCUT2D eigenvalue weighted by atomic mass is 19.1. The molecule has 0 fully saturated rings. The van der Waals surface area contributed by atoms with Crippen LogP contribution < -0.4 is 5.32 Å².